The fraction of sp³-hybridized carbons (Fsp3) is 0.143. The fourth-order valence-electron chi connectivity index (χ4n) is 1.85. The Kier molecular flexibility index (Phi) is 3.39. The molecule has 0 amide bonds. The maximum atomic E-state index is 13.8. The van der Waals surface area contributed by atoms with Gasteiger partial charge in [-0.25, -0.2) is 13.2 Å². The van der Waals surface area contributed by atoms with Gasteiger partial charge in [-0.05, 0) is 47.9 Å². The van der Waals surface area contributed by atoms with Crippen molar-refractivity contribution in [2.75, 3.05) is 0 Å². The van der Waals surface area contributed by atoms with Gasteiger partial charge in [0.1, 0.15) is 17.5 Å². The molecule has 2 aromatic rings. The van der Waals surface area contributed by atoms with Gasteiger partial charge >= 0.3 is 0 Å². The van der Waals surface area contributed by atoms with E-state index in [2.05, 4.69) is 0 Å². The van der Waals surface area contributed by atoms with Crippen molar-refractivity contribution in [3.8, 4) is 11.1 Å². The van der Waals surface area contributed by atoms with E-state index in [1.54, 1.807) is 0 Å². The Morgan fingerprint density at radius 3 is 2.33 bits per heavy atom. The summed E-state index contributed by atoms with van der Waals surface area (Å²) in [6.07, 6.45) is 0. The summed E-state index contributed by atoms with van der Waals surface area (Å²) in [6, 6.07) is 6.06. The van der Waals surface area contributed by atoms with E-state index in [0.717, 1.165) is 12.1 Å². The summed E-state index contributed by atoms with van der Waals surface area (Å²) < 4.78 is 40.4. The Morgan fingerprint density at radius 2 is 1.67 bits per heavy atom. The lowest BCUT2D eigenvalue weighted by molar-refractivity contribution is 0.594. The quantitative estimate of drug-likeness (QED) is 0.868. The molecule has 0 aliphatic carbocycles. The van der Waals surface area contributed by atoms with Crippen LogP contribution in [0.2, 0.25) is 0 Å². The summed E-state index contributed by atoms with van der Waals surface area (Å²) in [7, 11) is 0. The zero-order valence-electron chi connectivity index (χ0n) is 9.81. The molecule has 0 aliphatic heterocycles. The van der Waals surface area contributed by atoms with Crippen molar-refractivity contribution in [1.29, 1.82) is 0 Å². The molecule has 0 heterocycles. The van der Waals surface area contributed by atoms with Gasteiger partial charge in [0.2, 0.25) is 0 Å². The maximum absolute atomic E-state index is 13.8. The highest BCUT2D eigenvalue weighted by Gasteiger charge is 2.12. The van der Waals surface area contributed by atoms with Crippen LogP contribution in [0.4, 0.5) is 13.2 Å². The van der Waals surface area contributed by atoms with E-state index in [4.69, 9.17) is 5.73 Å². The lowest BCUT2D eigenvalue weighted by atomic mass is 9.98. The fourth-order valence-corrected chi connectivity index (χ4v) is 1.85. The number of benzene rings is 2. The number of nitrogens with two attached hydrogens (primary N) is 1. The van der Waals surface area contributed by atoms with E-state index in [0.29, 0.717) is 11.1 Å². The van der Waals surface area contributed by atoms with Gasteiger partial charge in [0, 0.05) is 12.1 Å². The predicted octanol–water partition coefficient (Wildman–Crippen LogP) is 3.54. The summed E-state index contributed by atoms with van der Waals surface area (Å²) in [5.74, 6) is -1.50. The predicted molar refractivity (Wildman–Crippen MR) is 64.4 cm³/mol. The molecule has 2 aromatic carbocycles. The minimum Gasteiger partial charge on any atom is -0.326 e. The van der Waals surface area contributed by atoms with Crippen LogP contribution in [0.3, 0.4) is 0 Å². The number of hydrogen-bond acceptors (Lipinski definition) is 1. The standard InChI is InChI=1S/C14H12F3N/c1-8-4-14(17)12(6-13(8)16)11-3-2-10(15)5-9(11)7-18/h2-6H,7,18H2,1H3. The summed E-state index contributed by atoms with van der Waals surface area (Å²) in [6.45, 7) is 1.54. The molecular weight excluding hydrogens is 239 g/mol. The van der Waals surface area contributed by atoms with E-state index >= 15 is 0 Å². The molecular formula is C14H12F3N. The van der Waals surface area contributed by atoms with E-state index < -0.39 is 17.5 Å². The molecule has 0 unspecified atom stereocenters. The molecule has 18 heavy (non-hydrogen) atoms. The molecule has 0 aromatic heterocycles. The summed E-state index contributed by atoms with van der Waals surface area (Å²) in [5.41, 5.74) is 6.67. The Hall–Kier alpha value is -1.81. The molecule has 4 heteroatoms. The van der Waals surface area contributed by atoms with Crippen LogP contribution >= 0.6 is 0 Å². The number of hydrogen-bond donors (Lipinski definition) is 1. The molecule has 0 fully saturated rings. The number of rotatable bonds is 2. The van der Waals surface area contributed by atoms with Crippen LogP contribution in [-0.2, 0) is 6.54 Å². The van der Waals surface area contributed by atoms with E-state index in [-0.39, 0.29) is 17.7 Å². The molecule has 0 spiro atoms. The molecule has 1 nitrogen and oxygen atoms in total. The van der Waals surface area contributed by atoms with Crippen LogP contribution in [-0.4, -0.2) is 0 Å². The van der Waals surface area contributed by atoms with Crippen molar-refractivity contribution in [3.63, 3.8) is 0 Å². The second-order valence-electron chi connectivity index (χ2n) is 4.09. The first-order valence-corrected chi connectivity index (χ1v) is 5.47. The average Bonchev–Trinajstić information content (AvgIpc) is 2.34. The van der Waals surface area contributed by atoms with Gasteiger partial charge in [0.05, 0.1) is 0 Å². The first-order chi connectivity index (χ1) is 8.52. The minimum absolute atomic E-state index is 0.0576. The van der Waals surface area contributed by atoms with Gasteiger partial charge in [0.15, 0.2) is 0 Å². The molecule has 0 radical (unpaired) electrons. The third kappa shape index (κ3) is 2.24. The Balaban J connectivity index is 2.65. The molecule has 0 saturated carbocycles. The van der Waals surface area contributed by atoms with Crippen molar-refractivity contribution in [2.45, 2.75) is 13.5 Å². The normalized spacial score (nSPS) is 10.7. The molecule has 94 valence electrons. The first-order valence-electron chi connectivity index (χ1n) is 5.47. The van der Waals surface area contributed by atoms with Crippen LogP contribution in [0.1, 0.15) is 11.1 Å². The third-order valence-corrected chi connectivity index (χ3v) is 2.83. The summed E-state index contributed by atoms with van der Waals surface area (Å²) in [4.78, 5) is 0. The van der Waals surface area contributed by atoms with Gasteiger partial charge in [-0.2, -0.15) is 0 Å². The molecule has 0 atom stereocenters. The monoisotopic (exact) mass is 251 g/mol. The molecule has 0 saturated heterocycles. The van der Waals surface area contributed by atoms with Crippen molar-refractivity contribution in [2.24, 2.45) is 5.73 Å². The second kappa shape index (κ2) is 4.82. The third-order valence-electron chi connectivity index (χ3n) is 2.83. The topological polar surface area (TPSA) is 26.0 Å². The van der Waals surface area contributed by atoms with Gasteiger partial charge in [-0.3, -0.25) is 0 Å². The van der Waals surface area contributed by atoms with Crippen LogP contribution in [0.25, 0.3) is 11.1 Å². The van der Waals surface area contributed by atoms with Gasteiger partial charge in [0.25, 0.3) is 0 Å². The van der Waals surface area contributed by atoms with Crippen LogP contribution in [0.5, 0.6) is 0 Å². The number of aryl methyl sites for hydroxylation is 1. The van der Waals surface area contributed by atoms with Crippen LogP contribution < -0.4 is 5.73 Å². The summed E-state index contributed by atoms with van der Waals surface area (Å²) in [5, 5.41) is 0. The summed E-state index contributed by atoms with van der Waals surface area (Å²) >= 11 is 0. The number of halogens is 3. The Morgan fingerprint density at radius 1 is 0.944 bits per heavy atom. The van der Waals surface area contributed by atoms with Gasteiger partial charge < -0.3 is 5.73 Å². The van der Waals surface area contributed by atoms with Crippen molar-refractivity contribution in [1.82, 2.24) is 0 Å². The second-order valence-corrected chi connectivity index (χ2v) is 4.09. The highest BCUT2D eigenvalue weighted by atomic mass is 19.1. The highest BCUT2D eigenvalue weighted by Crippen LogP contribution is 2.28. The molecule has 0 aliphatic rings. The SMILES string of the molecule is Cc1cc(F)c(-c2ccc(F)cc2CN)cc1F. The zero-order valence-corrected chi connectivity index (χ0v) is 9.81. The molecule has 2 rings (SSSR count). The van der Waals surface area contributed by atoms with E-state index in [1.807, 2.05) is 0 Å². The van der Waals surface area contributed by atoms with E-state index in [9.17, 15) is 13.2 Å². The van der Waals surface area contributed by atoms with Crippen LogP contribution in [0, 0.1) is 24.4 Å². The van der Waals surface area contributed by atoms with Gasteiger partial charge in [-0.15, -0.1) is 0 Å². The van der Waals surface area contributed by atoms with Crippen molar-refractivity contribution in [3.05, 3.63) is 58.9 Å². The lowest BCUT2D eigenvalue weighted by Gasteiger charge is -2.10. The minimum atomic E-state index is -0.546. The lowest BCUT2D eigenvalue weighted by Crippen LogP contribution is -2.01. The Labute approximate surface area is 103 Å². The molecule has 0 bridgehead atoms. The van der Waals surface area contributed by atoms with Gasteiger partial charge in [-0.1, -0.05) is 6.07 Å². The van der Waals surface area contributed by atoms with Crippen molar-refractivity contribution >= 4 is 0 Å². The maximum Gasteiger partial charge on any atom is 0.131 e. The highest BCUT2D eigenvalue weighted by molar-refractivity contribution is 5.68. The molecule has 2 N–H and O–H groups in total. The zero-order chi connectivity index (χ0) is 13.3. The van der Waals surface area contributed by atoms with Crippen LogP contribution in [0.15, 0.2) is 30.3 Å². The largest absolute Gasteiger partial charge is 0.326 e. The van der Waals surface area contributed by atoms with Crippen molar-refractivity contribution < 1.29 is 13.2 Å². The smallest absolute Gasteiger partial charge is 0.131 e. The Bertz CT molecular complexity index is 594. The average molecular weight is 251 g/mol. The van der Waals surface area contributed by atoms with E-state index in [1.165, 1.54) is 25.1 Å². The first kappa shape index (κ1) is 12.6.